The minimum absolute atomic E-state index is 0.803. The molecule has 1 heterocycles. The molecule has 0 unspecified atom stereocenters. The molecule has 0 amide bonds. The maximum atomic E-state index is 5.82. The first-order valence-corrected chi connectivity index (χ1v) is 5.20. The van der Waals surface area contributed by atoms with Gasteiger partial charge in [-0.15, -0.1) is 0 Å². The van der Waals surface area contributed by atoms with E-state index in [1.165, 1.54) is 6.33 Å². The lowest BCUT2D eigenvalue weighted by Crippen LogP contribution is -2.06. The maximum Gasteiger partial charge on any atom is 0.137 e. The standard InChI is InChI=1S/C11H15N5/c1-8-2-3-9(6-10(8)12)13-5-4-11-14-7-15-16-11/h2-3,6-7,13H,4-5,12H2,1H3,(H,14,15,16). The molecule has 0 saturated carbocycles. The van der Waals surface area contributed by atoms with Crippen molar-refractivity contribution in [2.24, 2.45) is 0 Å². The Bertz CT molecular complexity index is 449. The van der Waals surface area contributed by atoms with Gasteiger partial charge >= 0.3 is 0 Å². The average Bonchev–Trinajstić information content (AvgIpc) is 2.76. The Kier molecular flexibility index (Phi) is 3.05. The molecule has 4 N–H and O–H groups in total. The summed E-state index contributed by atoms with van der Waals surface area (Å²) >= 11 is 0. The van der Waals surface area contributed by atoms with Crippen LogP contribution in [0.2, 0.25) is 0 Å². The summed E-state index contributed by atoms with van der Waals surface area (Å²) in [5, 5.41) is 9.89. The molecular weight excluding hydrogens is 202 g/mol. The van der Waals surface area contributed by atoms with Crippen LogP contribution in [0.5, 0.6) is 0 Å². The van der Waals surface area contributed by atoms with Crippen molar-refractivity contribution < 1.29 is 0 Å². The average molecular weight is 217 g/mol. The van der Waals surface area contributed by atoms with E-state index in [1.807, 2.05) is 25.1 Å². The fraction of sp³-hybridized carbons (Fsp3) is 0.273. The van der Waals surface area contributed by atoms with Crippen molar-refractivity contribution in [2.45, 2.75) is 13.3 Å². The molecule has 0 radical (unpaired) electrons. The lowest BCUT2D eigenvalue weighted by atomic mass is 10.2. The number of aromatic amines is 1. The molecule has 0 fully saturated rings. The molecule has 0 atom stereocenters. The van der Waals surface area contributed by atoms with E-state index in [2.05, 4.69) is 20.5 Å². The largest absolute Gasteiger partial charge is 0.398 e. The Hall–Kier alpha value is -2.04. The zero-order valence-corrected chi connectivity index (χ0v) is 9.20. The van der Waals surface area contributed by atoms with Gasteiger partial charge in [0.1, 0.15) is 12.2 Å². The Morgan fingerprint density at radius 1 is 1.44 bits per heavy atom. The van der Waals surface area contributed by atoms with Crippen molar-refractivity contribution in [3.63, 3.8) is 0 Å². The monoisotopic (exact) mass is 217 g/mol. The summed E-state index contributed by atoms with van der Waals surface area (Å²) in [6.07, 6.45) is 2.33. The van der Waals surface area contributed by atoms with Crippen LogP contribution in [-0.2, 0) is 6.42 Å². The molecule has 0 saturated heterocycles. The maximum absolute atomic E-state index is 5.82. The van der Waals surface area contributed by atoms with E-state index in [4.69, 9.17) is 5.73 Å². The van der Waals surface area contributed by atoms with Gasteiger partial charge in [0.05, 0.1) is 0 Å². The topological polar surface area (TPSA) is 79.6 Å². The first kappa shape index (κ1) is 10.5. The van der Waals surface area contributed by atoms with Gasteiger partial charge in [-0.1, -0.05) is 6.07 Å². The summed E-state index contributed by atoms with van der Waals surface area (Å²) in [7, 11) is 0. The first-order valence-electron chi connectivity index (χ1n) is 5.20. The highest BCUT2D eigenvalue weighted by Crippen LogP contribution is 2.16. The molecule has 0 aliphatic heterocycles. The molecule has 5 nitrogen and oxygen atoms in total. The smallest absolute Gasteiger partial charge is 0.137 e. The van der Waals surface area contributed by atoms with Gasteiger partial charge in [0.15, 0.2) is 0 Å². The second-order valence-corrected chi connectivity index (χ2v) is 3.68. The fourth-order valence-electron chi connectivity index (χ4n) is 1.43. The number of H-pyrrole nitrogens is 1. The van der Waals surface area contributed by atoms with Gasteiger partial charge in [0.2, 0.25) is 0 Å². The number of benzene rings is 1. The highest BCUT2D eigenvalue weighted by molar-refractivity contribution is 5.58. The third-order valence-electron chi connectivity index (χ3n) is 2.44. The molecule has 5 heteroatoms. The van der Waals surface area contributed by atoms with Gasteiger partial charge in [-0.25, -0.2) is 4.98 Å². The normalized spacial score (nSPS) is 10.3. The van der Waals surface area contributed by atoms with Crippen LogP contribution in [0.1, 0.15) is 11.4 Å². The van der Waals surface area contributed by atoms with Crippen molar-refractivity contribution in [3.05, 3.63) is 35.9 Å². The quantitative estimate of drug-likeness (QED) is 0.675. The zero-order valence-electron chi connectivity index (χ0n) is 9.20. The van der Waals surface area contributed by atoms with Crippen LogP contribution in [-0.4, -0.2) is 21.7 Å². The van der Waals surface area contributed by atoms with Crippen LogP contribution in [0, 0.1) is 6.92 Å². The molecule has 0 aliphatic carbocycles. The van der Waals surface area contributed by atoms with Crippen LogP contribution in [0.4, 0.5) is 11.4 Å². The number of hydrogen-bond donors (Lipinski definition) is 3. The highest BCUT2D eigenvalue weighted by Gasteiger charge is 1.98. The Balaban J connectivity index is 1.87. The molecule has 1 aromatic carbocycles. The number of nitrogens with two attached hydrogens (primary N) is 1. The van der Waals surface area contributed by atoms with Gasteiger partial charge in [0.25, 0.3) is 0 Å². The summed E-state index contributed by atoms with van der Waals surface area (Å²) in [4.78, 5) is 4.05. The number of aromatic nitrogens is 3. The van der Waals surface area contributed by atoms with Crippen LogP contribution < -0.4 is 11.1 Å². The molecule has 1 aromatic heterocycles. The summed E-state index contributed by atoms with van der Waals surface area (Å²) in [5.74, 6) is 0.882. The number of aryl methyl sites for hydroxylation is 1. The highest BCUT2D eigenvalue weighted by atomic mass is 15.2. The molecular formula is C11H15N5. The van der Waals surface area contributed by atoms with Crippen LogP contribution in [0.3, 0.4) is 0 Å². The van der Waals surface area contributed by atoms with Crippen molar-refractivity contribution in [1.82, 2.24) is 15.2 Å². The summed E-state index contributed by atoms with van der Waals surface area (Å²) in [5.41, 5.74) is 8.76. The van der Waals surface area contributed by atoms with Gasteiger partial charge in [-0.2, -0.15) is 5.10 Å². The summed E-state index contributed by atoms with van der Waals surface area (Å²) in [6, 6.07) is 5.97. The van der Waals surface area contributed by atoms with Crippen molar-refractivity contribution in [2.75, 3.05) is 17.6 Å². The molecule has 0 aliphatic rings. The fourth-order valence-corrected chi connectivity index (χ4v) is 1.43. The molecule has 2 aromatic rings. The van der Waals surface area contributed by atoms with E-state index in [9.17, 15) is 0 Å². The molecule has 0 bridgehead atoms. The minimum Gasteiger partial charge on any atom is -0.398 e. The number of nitrogen functional groups attached to an aromatic ring is 1. The minimum atomic E-state index is 0.803. The number of hydrogen-bond acceptors (Lipinski definition) is 4. The van der Waals surface area contributed by atoms with Gasteiger partial charge in [-0.05, 0) is 24.6 Å². The second-order valence-electron chi connectivity index (χ2n) is 3.68. The molecule has 84 valence electrons. The molecule has 0 spiro atoms. The number of rotatable bonds is 4. The van der Waals surface area contributed by atoms with E-state index in [0.29, 0.717) is 0 Å². The zero-order chi connectivity index (χ0) is 11.4. The lowest BCUT2D eigenvalue weighted by molar-refractivity contribution is 0.901. The van der Waals surface area contributed by atoms with Crippen LogP contribution >= 0.6 is 0 Å². The summed E-state index contributed by atoms with van der Waals surface area (Å²) < 4.78 is 0. The number of anilines is 2. The third-order valence-corrected chi connectivity index (χ3v) is 2.44. The Morgan fingerprint density at radius 2 is 2.31 bits per heavy atom. The van der Waals surface area contributed by atoms with Crippen molar-refractivity contribution in [3.8, 4) is 0 Å². The molecule has 16 heavy (non-hydrogen) atoms. The van der Waals surface area contributed by atoms with Gasteiger partial charge in [-0.3, -0.25) is 5.10 Å². The predicted molar refractivity (Wildman–Crippen MR) is 64.2 cm³/mol. The lowest BCUT2D eigenvalue weighted by Gasteiger charge is -2.07. The number of nitrogens with one attached hydrogen (secondary N) is 2. The first-order chi connectivity index (χ1) is 7.75. The third kappa shape index (κ3) is 2.50. The van der Waals surface area contributed by atoms with E-state index >= 15 is 0 Å². The van der Waals surface area contributed by atoms with Gasteiger partial charge < -0.3 is 11.1 Å². The van der Waals surface area contributed by atoms with Crippen LogP contribution in [0.15, 0.2) is 24.5 Å². The second kappa shape index (κ2) is 4.65. The van der Waals surface area contributed by atoms with E-state index < -0.39 is 0 Å². The predicted octanol–water partition coefficient (Wildman–Crippen LogP) is 1.35. The number of nitrogens with zero attached hydrogens (tertiary/aromatic N) is 2. The van der Waals surface area contributed by atoms with Crippen molar-refractivity contribution >= 4 is 11.4 Å². The van der Waals surface area contributed by atoms with Crippen LogP contribution in [0.25, 0.3) is 0 Å². The van der Waals surface area contributed by atoms with E-state index in [1.54, 1.807) is 0 Å². The van der Waals surface area contributed by atoms with E-state index in [-0.39, 0.29) is 0 Å². The Morgan fingerprint density at radius 3 is 3.00 bits per heavy atom. The SMILES string of the molecule is Cc1ccc(NCCc2ncn[nH]2)cc1N. The van der Waals surface area contributed by atoms with E-state index in [0.717, 1.165) is 35.7 Å². The van der Waals surface area contributed by atoms with Crippen molar-refractivity contribution in [1.29, 1.82) is 0 Å². The summed E-state index contributed by atoms with van der Waals surface area (Å²) in [6.45, 7) is 2.80. The Labute approximate surface area is 94.1 Å². The van der Waals surface area contributed by atoms with Gasteiger partial charge in [0, 0.05) is 24.3 Å². The molecule has 2 rings (SSSR count).